The van der Waals surface area contributed by atoms with Crippen LogP contribution in [0.1, 0.15) is 12.0 Å². The number of fused-ring (bicyclic) bond motifs is 1. The zero-order valence-corrected chi connectivity index (χ0v) is 11.3. The lowest BCUT2D eigenvalue weighted by Gasteiger charge is -2.17. The highest BCUT2D eigenvalue weighted by atomic mass is 16.4. The summed E-state index contributed by atoms with van der Waals surface area (Å²) < 4.78 is 0. The van der Waals surface area contributed by atoms with Crippen molar-refractivity contribution < 1.29 is 9.90 Å². The Balaban J connectivity index is 1.85. The molecule has 2 N–H and O–H groups in total. The summed E-state index contributed by atoms with van der Waals surface area (Å²) in [5, 5.41) is 13.5. The zero-order chi connectivity index (χ0) is 14.1. The summed E-state index contributed by atoms with van der Waals surface area (Å²) in [4.78, 5) is 16.8. The second-order valence-corrected chi connectivity index (χ2v) is 5.19. The molecule has 1 aliphatic rings. The van der Waals surface area contributed by atoms with Gasteiger partial charge in [0, 0.05) is 36.4 Å². The van der Waals surface area contributed by atoms with E-state index in [9.17, 15) is 4.79 Å². The molecule has 0 saturated carbocycles. The smallest absolute Gasteiger partial charge is 0.407 e. The van der Waals surface area contributed by atoms with Gasteiger partial charge in [-0.1, -0.05) is 6.07 Å². The minimum Gasteiger partial charge on any atom is -0.465 e. The van der Waals surface area contributed by atoms with Gasteiger partial charge in [0.05, 0.1) is 5.52 Å². The zero-order valence-electron chi connectivity index (χ0n) is 11.3. The number of aryl methyl sites for hydroxylation is 1. The number of carbonyl (C=O) groups is 1. The number of hydrogen-bond donors (Lipinski definition) is 2. The van der Waals surface area contributed by atoms with Gasteiger partial charge in [-0.25, -0.2) is 4.79 Å². The average Bonchev–Trinajstić information content (AvgIpc) is 2.91. The third kappa shape index (κ3) is 2.27. The molecule has 20 heavy (non-hydrogen) atoms. The molecule has 2 heterocycles. The molecule has 3 rings (SSSR count). The fourth-order valence-corrected chi connectivity index (χ4v) is 2.71. The van der Waals surface area contributed by atoms with Crippen LogP contribution < -0.4 is 5.32 Å². The number of anilines is 1. The Morgan fingerprint density at radius 2 is 2.30 bits per heavy atom. The molecule has 1 aliphatic heterocycles. The molecule has 1 aromatic heterocycles. The second kappa shape index (κ2) is 5.00. The molecule has 1 unspecified atom stereocenters. The van der Waals surface area contributed by atoms with Gasteiger partial charge in [-0.3, -0.25) is 4.98 Å². The Bertz CT molecular complexity index is 657. The molecular weight excluding hydrogens is 254 g/mol. The summed E-state index contributed by atoms with van der Waals surface area (Å²) >= 11 is 0. The van der Waals surface area contributed by atoms with Gasteiger partial charge in [-0.2, -0.15) is 0 Å². The Labute approximate surface area is 117 Å². The number of rotatable bonds is 2. The number of carboxylic acid groups (broad SMARTS) is 1. The summed E-state index contributed by atoms with van der Waals surface area (Å²) in [7, 11) is 0. The second-order valence-electron chi connectivity index (χ2n) is 5.19. The van der Waals surface area contributed by atoms with E-state index in [0.29, 0.717) is 13.1 Å². The Kier molecular flexibility index (Phi) is 3.18. The minimum atomic E-state index is -0.843. The lowest BCUT2D eigenvalue weighted by Crippen LogP contribution is -2.30. The number of aromatic nitrogens is 1. The Hall–Kier alpha value is -2.30. The van der Waals surface area contributed by atoms with Crippen molar-refractivity contribution in [1.82, 2.24) is 9.88 Å². The summed E-state index contributed by atoms with van der Waals surface area (Å²) in [6.45, 7) is 3.17. The number of amides is 1. The fourth-order valence-electron chi connectivity index (χ4n) is 2.71. The first-order chi connectivity index (χ1) is 9.65. The topological polar surface area (TPSA) is 65.5 Å². The molecule has 104 valence electrons. The van der Waals surface area contributed by atoms with Crippen LogP contribution in [0.4, 0.5) is 10.5 Å². The van der Waals surface area contributed by atoms with Crippen LogP contribution in [0.3, 0.4) is 0 Å². The lowest BCUT2D eigenvalue weighted by atomic mass is 10.1. The lowest BCUT2D eigenvalue weighted by molar-refractivity contribution is 0.155. The van der Waals surface area contributed by atoms with Gasteiger partial charge in [0.15, 0.2) is 0 Å². The van der Waals surface area contributed by atoms with Crippen molar-refractivity contribution in [2.75, 3.05) is 18.4 Å². The van der Waals surface area contributed by atoms with E-state index in [-0.39, 0.29) is 6.04 Å². The highest BCUT2D eigenvalue weighted by Gasteiger charge is 2.25. The van der Waals surface area contributed by atoms with E-state index < -0.39 is 6.09 Å². The molecule has 1 fully saturated rings. The van der Waals surface area contributed by atoms with Crippen LogP contribution in [-0.2, 0) is 0 Å². The van der Waals surface area contributed by atoms with Crippen LogP contribution in [0.25, 0.3) is 10.9 Å². The number of benzene rings is 1. The fraction of sp³-hybridized carbons (Fsp3) is 0.333. The molecule has 1 saturated heterocycles. The standard InChI is InChI=1S/C15H17N3O2/c1-10-4-5-13(12-3-2-7-16-14(10)12)17-11-6-8-18(9-11)15(19)20/h2-5,7,11,17H,6,8-9H2,1H3,(H,19,20). The van der Waals surface area contributed by atoms with E-state index in [1.165, 1.54) is 4.90 Å². The quantitative estimate of drug-likeness (QED) is 0.881. The number of hydrogen-bond acceptors (Lipinski definition) is 3. The SMILES string of the molecule is Cc1ccc(NC2CCN(C(=O)O)C2)c2cccnc12. The summed E-state index contributed by atoms with van der Waals surface area (Å²) in [6, 6.07) is 8.22. The van der Waals surface area contributed by atoms with Crippen molar-refractivity contribution in [3.8, 4) is 0 Å². The van der Waals surface area contributed by atoms with Gasteiger partial charge in [0.25, 0.3) is 0 Å². The van der Waals surface area contributed by atoms with Crippen LogP contribution in [0.5, 0.6) is 0 Å². The van der Waals surface area contributed by atoms with Crippen molar-refractivity contribution in [2.45, 2.75) is 19.4 Å². The van der Waals surface area contributed by atoms with E-state index in [1.54, 1.807) is 6.20 Å². The van der Waals surface area contributed by atoms with Crippen LogP contribution in [0.15, 0.2) is 30.5 Å². The third-order valence-electron chi connectivity index (χ3n) is 3.79. The maximum absolute atomic E-state index is 10.9. The molecule has 0 aliphatic carbocycles. The van der Waals surface area contributed by atoms with Gasteiger partial charge in [-0.05, 0) is 37.1 Å². The van der Waals surface area contributed by atoms with Gasteiger partial charge < -0.3 is 15.3 Å². The highest BCUT2D eigenvalue weighted by molar-refractivity contribution is 5.93. The monoisotopic (exact) mass is 271 g/mol. The van der Waals surface area contributed by atoms with Gasteiger partial charge in [0.2, 0.25) is 0 Å². The van der Waals surface area contributed by atoms with Crippen molar-refractivity contribution in [3.63, 3.8) is 0 Å². The predicted molar refractivity (Wildman–Crippen MR) is 78.1 cm³/mol. The molecule has 1 atom stereocenters. The van der Waals surface area contributed by atoms with Crippen molar-refractivity contribution in [1.29, 1.82) is 0 Å². The maximum atomic E-state index is 10.9. The van der Waals surface area contributed by atoms with E-state index in [4.69, 9.17) is 5.11 Å². The predicted octanol–water partition coefficient (Wildman–Crippen LogP) is 2.71. The first-order valence-electron chi connectivity index (χ1n) is 6.74. The van der Waals surface area contributed by atoms with E-state index in [2.05, 4.69) is 10.3 Å². The highest BCUT2D eigenvalue weighted by Crippen LogP contribution is 2.26. The van der Waals surface area contributed by atoms with Crippen molar-refractivity contribution in [3.05, 3.63) is 36.0 Å². The Morgan fingerprint density at radius 3 is 3.05 bits per heavy atom. The molecule has 1 amide bonds. The van der Waals surface area contributed by atoms with Crippen LogP contribution in [0, 0.1) is 6.92 Å². The summed E-state index contributed by atoms with van der Waals surface area (Å²) in [5.74, 6) is 0. The van der Waals surface area contributed by atoms with Gasteiger partial charge >= 0.3 is 6.09 Å². The molecule has 5 heteroatoms. The molecule has 5 nitrogen and oxygen atoms in total. The number of nitrogens with one attached hydrogen (secondary N) is 1. The third-order valence-corrected chi connectivity index (χ3v) is 3.79. The van der Waals surface area contributed by atoms with Crippen LogP contribution >= 0.6 is 0 Å². The first kappa shape index (κ1) is 12.7. The number of pyridine rings is 1. The number of nitrogens with zero attached hydrogens (tertiary/aromatic N) is 2. The maximum Gasteiger partial charge on any atom is 0.407 e. The van der Waals surface area contributed by atoms with Gasteiger partial charge in [0.1, 0.15) is 0 Å². The van der Waals surface area contributed by atoms with E-state index in [1.807, 2.05) is 31.2 Å². The van der Waals surface area contributed by atoms with Gasteiger partial charge in [-0.15, -0.1) is 0 Å². The van der Waals surface area contributed by atoms with Crippen LogP contribution in [-0.4, -0.2) is 40.2 Å². The van der Waals surface area contributed by atoms with E-state index in [0.717, 1.165) is 28.6 Å². The average molecular weight is 271 g/mol. The molecule has 2 aromatic rings. The number of likely N-dealkylation sites (tertiary alicyclic amines) is 1. The molecular formula is C15H17N3O2. The largest absolute Gasteiger partial charge is 0.465 e. The van der Waals surface area contributed by atoms with E-state index >= 15 is 0 Å². The van der Waals surface area contributed by atoms with Crippen LogP contribution in [0.2, 0.25) is 0 Å². The minimum absolute atomic E-state index is 0.164. The van der Waals surface area contributed by atoms with Crippen molar-refractivity contribution >= 4 is 22.7 Å². The molecule has 1 aromatic carbocycles. The molecule has 0 spiro atoms. The summed E-state index contributed by atoms with van der Waals surface area (Å²) in [5.41, 5.74) is 3.16. The molecule has 0 radical (unpaired) electrons. The first-order valence-corrected chi connectivity index (χ1v) is 6.74. The molecule has 0 bridgehead atoms. The normalized spacial score (nSPS) is 18.4. The Morgan fingerprint density at radius 1 is 1.45 bits per heavy atom. The summed E-state index contributed by atoms with van der Waals surface area (Å²) in [6.07, 6.45) is 1.78. The van der Waals surface area contributed by atoms with Crippen molar-refractivity contribution in [2.24, 2.45) is 0 Å².